The average Bonchev–Trinajstić information content (AvgIpc) is 1.84. The minimum absolute atomic E-state index is 0.0167. The maximum Gasteiger partial charge on any atom is 0.426 e. The summed E-state index contributed by atoms with van der Waals surface area (Å²) in [6, 6.07) is 0. The Morgan fingerprint density at radius 1 is 1.50 bits per heavy atom. The Balaban J connectivity index is 3.65. The van der Waals surface area contributed by atoms with Crippen molar-refractivity contribution >= 4 is 10.4 Å². The Labute approximate surface area is 60.1 Å². The lowest BCUT2D eigenvalue weighted by atomic mass is 10.9. The van der Waals surface area contributed by atoms with E-state index in [1.165, 1.54) is 6.92 Å². The standard InChI is InChI=1S/C4H9O5S/c1-3-7-9-10(5,6)8-4-2/h1,3-4H2,2H3. The van der Waals surface area contributed by atoms with E-state index in [0.717, 1.165) is 0 Å². The van der Waals surface area contributed by atoms with Crippen molar-refractivity contribution in [2.45, 2.75) is 6.92 Å². The highest BCUT2D eigenvalue weighted by Gasteiger charge is 2.10. The molecule has 0 amide bonds. The summed E-state index contributed by atoms with van der Waals surface area (Å²) in [7, 11) is -3.96. The first kappa shape index (κ1) is 9.83. The lowest BCUT2D eigenvalue weighted by Gasteiger charge is -1.99. The predicted molar refractivity (Wildman–Crippen MR) is 32.9 cm³/mol. The highest BCUT2D eigenvalue weighted by atomic mass is 32.3. The highest BCUT2D eigenvalue weighted by Crippen LogP contribution is 1.94. The first-order chi connectivity index (χ1) is 4.62. The van der Waals surface area contributed by atoms with Gasteiger partial charge in [-0.3, -0.25) is 0 Å². The topological polar surface area (TPSA) is 61.8 Å². The summed E-state index contributed by atoms with van der Waals surface area (Å²) in [5.41, 5.74) is 0. The second-order valence-corrected chi connectivity index (χ2v) is 2.39. The monoisotopic (exact) mass is 169 g/mol. The zero-order chi connectivity index (χ0) is 8.04. The Morgan fingerprint density at radius 2 is 2.10 bits per heavy atom. The minimum atomic E-state index is -3.96. The van der Waals surface area contributed by atoms with E-state index in [0.29, 0.717) is 0 Å². The smallest absolute Gasteiger partial charge is 0.247 e. The second-order valence-electron chi connectivity index (χ2n) is 1.20. The summed E-state index contributed by atoms with van der Waals surface area (Å²) in [6.45, 7) is 4.63. The van der Waals surface area contributed by atoms with Crippen LogP contribution < -0.4 is 0 Å². The molecule has 0 aliphatic carbocycles. The lowest BCUT2D eigenvalue weighted by molar-refractivity contribution is -0.199. The molecule has 0 heterocycles. The van der Waals surface area contributed by atoms with E-state index in [-0.39, 0.29) is 13.2 Å². The number of rotatable bonds is 5. The number of hydrogen-bond acceptors (Lipinski definition) is 5. The van der Waals surface area contributed by atoms with Gasteiger partial charge in [-0.05, 0) is 13.8 Å². The zero-order valence-corrected chi connectivity index (χ0v) is 6.39. The van der Waals surface area contributed by atoms with Gasteiger partial charge in [0, 0.05) is 0 Å². The molecule has 0 aliphatic rings. The zero-order valence-electron chi connectivity index (χ0n) is 5.57. The van der Waals surface area contributed by atoms with Crippen molar-refractivity contribution in [3.63, 3.8) is 0 Å². The molecule has 0 saturated carbocycles. The van der Waals surface area contributed by atoms with Gasteiger partial charge in [-0.25, -0.2) is 9.07 Å². The molecule has 1 radical (unpaired) electrons. The molecule has 0 bridgehead atoms. The first-order valence-corrected chi connectivity index (χ1v) is 3.95. The summed E-state index contributed by atoms with van der Waals surface area (Å²) < 4.78 is 28.7. The Bertz CT molecular complexity index is 160. The molecule has 61 valence electrons. The van der Waals surface area contributed by atoms with Crippen LogP contribution in [0.2, 0.25) is 0 Å². The van der Waals surface area contributed by atoms with Gasteiger partial charge in [0.2, 0.25) is 0 Å². The molecule has 0 unspecified atom stereocenters. The molecule has 10 heavy (non-hydrogen) atoms. The molecule has 0 aromatic carbocycles. The van der Waals surface area contributed by atoms with E-state index >= 15 is 0 Å². The van der Waals surface area contributed by atoms with Gasteiger partial charge in [-0.1, -0.05) is 4.33 Å². The molecule has 0 aromatic heterocycles. The second kappa shape index (κ2) is 4.62. The van der Waals surface area contributed by atoms with Gasteiger partial charge in [0.25, 0.3) is 0 Å². The van der Waals surface area contributed by atoms with Crippen LogP contribution in [0.15, 0.2) is 0 Å². The molecular formula is C4H9O5S. The van der Waals surface area contributed by atoms with Gasteiger partial charge in [-0.2, -0.15) is 8.42 Å². The highest BCUT2D eigenvalue weighted by molar-refractivity contribution is 7.81. The van der Waals surface area contributed by atoms with Gasteiger partial charge in [0.1, 0.15) is 0 Å². The summed E-state index contributed by atoms with van der Waals surface area (Å²) in [4.78, 5) is 4.03. The lowest BCUT2D eigenvalue weighted by Crippen LogP contribution is -2.10. The van der Waals surface area contributed by atoms with E-state index in [1.54, 1.807) is 0 Å². The third-order valence-electron chi connectivity index (χ3n) is 0.477. The molecule has 6 heteroatoms. The third kappa shape index (κ3) is 4.68. The van der Waals surface area contributed by atoms with Crippen molar-refractivity contribution in [1.29, 1.82) is 0 Å². The van der Waals surface area contributed by atoms with E-state index < -0.39 is 10.4 Å². The molecule has 0 aliphatic heterocycles. The first-order valence-electron chi connectivity index (χ1n) is 2.62. The van der Waals surface area contributed by atoms with Gasteiger partial charge in [-0.15, -0.1) is 0 Å². The van der Waals surface area contributed by atoms with Crippen LogP contribution in [-0.2, 0) is 23.8 Å². The summed E-state index contributed by atoms with van der Waals surface area (Å²) in [5, 5.41) is 0. The van der Waals surface area contributed by atoms with Crippen molar-refractivity contribution in [1.82, 2.24) is 0 Å². The van der Waals surface area contributed by atoms with E-state index in [4.69, 9.17) is 0 Å². The fourth-order valence-electron chi connectivity index (χ4n) is 0.257. The maximum atomic E-state index is 10.4. The van der Waals surface area contributed by atoms with Crippen LogP contribution >= 0.6 is 0 Å². The van der Waals surface area contributed by atoms with Crippen LogP contribution in [-0.4, -0.2) is 21.6 Å². The van der Waals surface area contributed by atoms with E-state index in [1.807, 2.05) is 0 Å². The molecule has 0 atom stereocenters. The van der Waals surface area contributed by atoms with Crippen LogP contribution in [0.4, 0.5) is 0 Å². The van der Waals surface area contributed by atoms with Gasteiger partial charge in [0.15, 0.2) is 0 Å². The molecule has 0 aromatic rings. The fraction of sp³-hybridized carbons (Fsp3) is 0.750. The van der Waals surface area contributed by atoms with Gasteiger partial charge in [0.05, 0.1) is 13.2 Å². The van der Waals surface area contributed by atoms with Crippen LogP contribution in [0.3, 0.4) is 0 Å². The third-order valence-corrected chi connectivity index (χ3v) is 1.26. The largest absolute Gasteiger partial charge is 0.426 e. The van der Waals surface area contributed by atoms with E-state index in [2.05, 4.69) is 20.3 Å². The van der Waals surface area contributed by atoms with Gasteiger partial charge < -0.3 is 0 Å². The fourth-order valence-corrected chi connectivity index (χ4v) is 0.771. The molecule has 0 N–H and O–H groups in total. The van der Waals surface area contributed by atoms with Gasteiger partial charge >= 0.3 is 10.4 Å². The predicted octanol–water partition coefficient (Wildman–Crippen LogP) is 0.0500. The summed E-state index contributed by atoms with van der Waals surface area (Å²) >= 11 is 0. The Hall–Kier alpha value is -0.170. The SMILES string of the molecule is [CH2]COOS(=O)(=O)OCC. The van der Waals surface area contributed by atoms with Crippen molar-refractivity contribution in [2.24, 2.45) is 0 Å². The normalized spacial score (nSPS) is 11.8. The average molecular weight is 169 g/mol. The van der Waals surface area contributed by atoms with E-state index in [9.17, 15) is 8.42 Å². The maximum absolute atomic E-state index is 10.4. The minimum Gasteiger partial charge on any atom is -0.247 e. The molecule has 5 nitrogen and oxygen atoms in total. The van der Waals surface area contributed by atoms with Crippen molar-refractivity contribution in [3.05, 3.63) is 6.92 Å². The van der Waals surface area contributed by atoms with Crippen LogP contribution in [0.25, 0.3) is 0 Å². The van der Waals surface area contributed by atoms with Crippen LogP contribution in [0.5, 0.6) is 0 Å². The molecule has 0 spiro atoms. The quantitative estimate of drug-likeness (QED) is 0.430. The van der Waals surface area contributed by atoms with Crippen molar-refractivity contribution in [2.75, 3.05) is 13.2 Å². The van der Waals surface area contributed by atoms with Crippen LogP contribution in [0, 0.1) is 6.92 Å². The van der Waals surface area contributed by atoms with Crippen LogP contribution in [0.1, 0.15) is 6.92 Å². The summed E-state index contributed by atoms with van der Waals surface area (Å²) in [6.07, 6.45) is 0. The number of hydrogen-bond donors (Lipinski definition) is 0. The molecule has 0 saturated heterocycles. The van der Waals surface area contributed by atoms with Crippen molar-refractivity contribution < 1.29 is 21.8 Å². The molecule has 0 rings (SSSR count). The Kier molecular flexibility index (Phi) is 4.54. The van der Waals surface area contributed by atoms with Crippen molar-refractivity contribution in [3.8, 4) is 0 Å². The molecular weight excluding hydrogens is 160 g/mol. The molecule has 0 fully saturated rings. The summed E-state index contributed by atoms with van der Waals surface area (Å²) in [5.74, 6) is 0. The Morgan fingerprint density at radius 3 is 2.50 bits per heavy atom.